The van der Waals surface area contributed by atoms with Crippen LogP contribution in [0.3, 0.4) is 0 Å². The summed E-state index contributed by atoms with van der Waals surface area (Å²) in [5, 5.41) is 2.68. The molecule has 0 radical (unpaired) electrons. The van der Waals surface area contributed by atoms with E-state index in [9.17, 15) is 9.59 Å². The minimum Gasteiger partial charge on any atom is -0.459 e. The summed E-state index contributed by atoms with van der Waals surface area (Å²) >= 11 is 0. The van der Waals surface area contributed by atoms with Gasteiger partial charge in [-0.05, 0) is 44.5 Å². The maximum atomic E-state index is 11.6. The zero-order chi connectivity index (χ0) is 14.4. The highest BCUT2D eigenvalue weighted by molar-refractivity contribution is 5.95. The molecule has 1 atom stereocenters. The molecule has 5 nitrogen and oxygen atoms in total. The monoisotopic (exact) mass is 264 g/mol. The Morgan fingerprint density at radius 3 is 2.32 bits per heavy atom. The topological polar surface area (TPSA) is 81.4 Å². The van der Waals surface area contributed by atoms with Gasteiger partial charge < -0.3 is 15.8 Å². The van der Waals surface area contributed by atoms with Crippen molar-refractivity contribution >= 4 is 17.6 Å². The molecule has 1 aromatic carbocycles. The van der Waals surface area contributed by atoms with Crippen molar-refractivity contribution in [1.82, 2.24) is 0 Å². The Labute approximate surface area is 113 Å². The molecule has 0 aliphatic rings. The minimum absolute atomic E-state index is 0.158. The number of carbonyl (C=O) groups excluding carboxylic acids is 2. The van der Waals surface area contributed by atoms with Gasteiger partial charge in [-0.15, -0.1) is 0 Å². The van der Waals surface area contributed by atoms with E-state index < -0.39 is 6.04 Å². The van der Waals surface area contributed by atoms with Crippen LogP contribution in [0, 0.1) is 0 Å². The third-order valence-corrected chi connectivity index (χ3v) is 2.51. The average molecular weight is 264 g/mol. The van der Waals surface area contributed by atoms with Gasteiger partial charge in [0.1, 0.15) is 0 Å². The summed E-state index contributed by atoms with van der Waals surface area (Å²) in [5.74, 6) is -0.613. The number of nitrogens with two attached hydrogens (primary N) is 1. The first-order valence-corrected chi connectivity index (χ1v) is 6.31. The van der Waals surface area contributed by atoms with Crippen molar-refractivity contribution in [2.45, 2.75) is 39.3 Å². The van der Waals surface area contributed by atoms with E-state index in [1.807, 2.05) is 6.92 Å². The Bertz CT molecular complexity index is 441. The molecular weight excluding hydrogens is 244 g/mol. The molecule has 0 saturated carbocycles. The SMILES string of the molecule is CC[C@H](N)C(=O)Nc1ccc(C(=O)OC(C)C)cc1. The zero-order valence-corrected chi connectivity index (χ0v) is 11.5. The Morgan fingerprint density at radius 1 is 1.26 bits per heavy atom. The van der Waals surface area contributed by atoms with Crippen molar-refractivity contribution in [2.75, 3.05) is 5.32 Å². The number of esters is 1. The summed E-state index contributed by atoms with van der Waals surface area (Å²) < 4.78 is 5.07. The third-order valence-electron chi connectivity index (χ3n) is 2.51. The lowest BCUT2D eigenvalue weighted by Gasteiger charge is -2.11. The van der Waals surface area contributed by atoms with Crippen molar-refractivity contribution in [1.29, 1.82) is 0 Å². The summed E-state index contributed by atoms with van der Waals surface area (Å²) in [6, 6.07) is 6.00. The van der Waals surface area contributed by atoms with E-state index in [1.54, 1.807) is 38.1 Å². The van der Waals surface area contributed by atoms with Crippen LogP contribution in [0.2, 0.25) is 0 Å². The lowest BCUT2D eigenvalue weighted by molar-refractivity contribution is -0.117. The maximum absolute atomic E-state index is 11.6. The van der Waals surface area contributed by atoms with Gasteiger partial charge in [0, 0.05) is 5.69 Å². The van der Waals surface area contributed by atoms with Crippen molar-refractivity contribution in [3.05, 3.63) is 29.8 Å². The standard InChI is InChI=1S/C14H20N2O3/c1-4-12(15)13(17)16-11-7-5-10(6-8-11)14(18)19-9(2)3/h5-9,12H,4,15H2,1-3H3,(H,16,17)/t12-/m0/s1. The van der Waals surface area contributed by atoms with Crippen LogP contribution >= 0.6 is 0 Å². The van der Waals surface area contributed by atoms with Gasteiger partial charge in [-0.25, -0.2) is 4.79 Å². The lowest BCUT2D eigenvalue weighted by Crippen LogP contribution is -2.34. The molecule has 0 aliphatic carbocycles. The summed E-state index contributed by atoms with van der Waals surface area (Å²) in [6.07, 6.45) is 0.416. The molecule has 3 N–H and O–H groups in total. The van der Waals surface area contributed by atoms with Crippen LogP contribution in [-0.4, -0.2) is 24.0 Å². The number of nitrogens with one attached hydrogen (secondary N) is 1. The fourth-order valence-corrected chi connectivity index (χ4v) is 1.39. The molecule has 1 aromatic rings. The first kappa shape index (κ1) is 15.2. The fourth-order valence-electron chi connectivity index (χ4n) is 1.39. The van der Waals surface area contributed by atoms with Gasteiger partial charge in [-0.1, -0.05) is 6.92 Å². The Morgan fingerprint density at radius 2 is 1.84 bits per heavy atom. The van der Waals surface area contributed by atoms with Gasteiger partial charge in [0.05, 0.1) is 17.7 Å². The highest BCUT2D eigenvalue weighted by Gasteiger charge is 2.12. The number of hydrogen-bond acceptors (Lipinski definition) is 4. The molecule has 0 unspecified atom stereocenters. The molecule has 0 saturated heterocycles. The number of anilines is 1. The number of amides is 1. The maximum Gasteiger partial charge on any atom is 0.338 e. The van der Waals surface area contributed by atoms with Crippen LogP contribution in [0.5, 0.6) is 0 Å². The molecule has 1 amide bonds. The lowest BCUT2D eigenvalue weighted by atomic mass is 10.2. The first-order chi connectivity index (χ1) is 8.93. The van der Waals surface area contributed by atoms with Crippen molar-refractivity contribution in [2.24, 2.45) is 5.73 Å². The smallest absolute Gasteiger partial charge is 0.338 e. The van der Waals surface area contributed by atoms with Crippen LogP contribution < -0.4 is 11.1 Å². The average Bonchev–Trinajstić information content (AvgIpc) is 2.37. The number of ether oxygens (including phenoxy) is 1. The molecule has 0 fully saturated rings. The molecule has 0 aromatic heterocycles. The highest BCUT2D eigenvalue weighted by Crippen LogP contribution is 2.11. The van der Waals surface area contributed by atoms with Gasteiger partial charge in [0.2, 0.25) is 5.91 Å². The van der Waals surface area contributed by atoms with Crippen LogP contribution in [0.4, 0.5) is 5.69 Å². The van der Waals surface area contributed by atoms with E-state index in [4.69, 9.17) is 10.5 Å². The Hall–Kier alpha value is -1.88. The fraction of sp³-hybridized carbons (Fsp3) is 0.429. The van der Waals surface area contributed by atoms with E-state index in [-0.39, 0.29) is 18.0 Å². The molecule has 0 bridgehead atoms. The quantitative estimate of drug-likeness (QED) is 0.796. The number of benzene rings is 1. The minimum atomic E-state index is -0.523. The Balaban J connectivity index is 2.66. The highest BCUT2D eigenvalue weighted by atomic mass is 16.5. The summed E-state index contributed by atoms with van der Waals surface area (Å²) in [5.41, 5.74) is 6.67. The van der Waals surface area contributed by atoms with Gasteiger partial charge in [-0.3, -0.25) is 4.79 Å². The van der Waals surface area contributed by atoms with E-state index in [1.165, 1.54) is 0 Å². The Kier molecular flexibility index (Phi) is 5.51. The normalized spacial score (nSPS) is 12.1. The number of rotatable bonds is 5. The molecule has 1 rings (SSSR count). The van der Waals surface area contributed by atoms with Crippen molar-refractivity contribution in [3.63, 3.8) is 0 Å². The predicted molar refractivity (Wildman–Crippen MR) is 73.9 cm³/mol. The molecule has 19 heavy (non-hydrogen) atoms. The second kappa shape index (κ2) is 6.89. The van der Waals surface area contributed by atoms with Gasteiger partial charge in [-0.2, -0.15) is 0 Å². The first-order valence-electron chi connectivity index (χ1n) is 6.31. The second-order valence-corrected chi connectivity index (χ2v) is 4.54. The van der Waals surface area contributed by atoms with Crippen LogP contribution in [0.15, 0.2) is 24.3 Å². The number of carbonyl (C=O) groups is 2. The second-order valence-electron chi connectivity index (χ2n) is 4.54. The zero-order valence-electron chi connectivity index (χ0n) is 11.5. The van der Waals surface area contributed by atoms with E-state index in [0.717, 1.165) is 0 Å². The largest absolute Gasteiger partial charge is 0.459 e. The van der Waals surface area contributed by atoms with E-state index in [2.05, 4.69) is 5.32 Å². The van der Waals surface area contributed by atoms with Gasteiger partial charge >= 0.3 is 5.97 Å². The van der Waals surface area contributed by atoms with E-state index in [0.29, 0.717) is 17.7 Å². The molecule has 0 heterocycles. The molecular formula is C14H20N2O3. The summed E-state index contributed by atoms with van der Waals surface area (Å²) in [6.45, 7) is 5.42. The molecule has 104 valence electrons. The summed E-state index contributed by atoms with van der Waals surface area (Å²) in [4.78, 5) is 23.2. The van der Waals surface area contributed by atoms with Crippen molar-refractivity contribution < 1.29 is 14.3 Å². The van der Waals surface area contributed by atoms with Crippen molar-refractivity contribution in [3.8, 4) is 0 Å². The van der Waals surface area contributed by atoms with E-state index >= 15 is 0 Å². The van der Waals surface area contributed by atoms with Crippen LogP contribution in [0.25, 0.3) is 0 Å². The molecule has 0 spiro atoms. The van der Waals surface area contributed by atoms with Crippen LogP contribution in [0.1, 0.15) is 37.6 Å². The third kappa shape index (κ3) is 4.71. The predicted octanol–water partition coefficient (Wildman–Crippen LogP) is 1.93. The van der Waals surface area contributed by atoms with Gasteiger partial charge in [0.25, 0.3) is 0 Å². The summed E-state index contributed by atoms with van der Waals surface area (Å²) in [7, 11) is 0. The molecule has 5 heteroatoms. The van der Waals surface area contributed by atoms with Crippen LogP contribution in [-0.2, 0) is 9.53 Å². The molecule has 0 aliphatic heterocycles. The van der Waals surface area contributed by atoms with Gasteiger partial charge in [0.15, 0.2) is 0 Å². The number of hydrogen-bond donors (Lipinski definition) is 2.